The summed E-state index contributed by atoms with van der Waals surface area (Å²) in [5.41, 5.74) is -0.335. The van der Waals surface area contributed by atoms with Crippen molar-refractivity contribution < 1.29 is 22.9 Å². The molecule has 9 heteroatoms. The van der Waals surface area contributed by atoms with Crippen LogP contribution in [0, 0.1) is 16.0 Å². The number of hydrogen-bond donors (Lipinski definition) is 0. The van der Waals surface area contributed by atoms with Gasteiger partial charge >= 0.3 is 5.97 Å². The molecular formula is C12H14ClNO6S. The van der Waals surface area contributed by atoms with Gasteiger partial charge in [0.15, 0.2) is 9.84 Å². The number of halogens is 1. The molecule has 0 aromatic heterocycles. The van der Waals surface area contributed by atoms with E-state index in [-0.39, 0.29) is 16.3 Å². The second-order valence-electron chi connectivity index (χ2n) is 4.51. The van der Waals surface area contributed by atoms with E-state index < -0.39 is 38.2 Å². The number of nitrogens with zero attached hydrogens (tertiary/aromatic N) is 1. The molecule has 0 radical (unpaired) electrons. The van der Waals surface area contributed by atoms with Crippen LogP contribution in [-0.2, 0) is 25.1 Å². The first-order valence-corrected chi connectivity index (χ1v) is 8.07. The number of carbonyl (C=O) groups excluding carboxylic acids is 1. The van der Waals surface area contributed by atoms with Crippen LogP contribution in [0.1, 0.15) is 12.5 Å². The minimum atomic E-state index is -3.71. The van der Waals surface area contributed by atoms with Gasteiger partial charge in [-0.1, -0.05) is 18.5 Å². The minimum Gasteiger partial charge on any atom is -0.469 e. The van der Waals surface area contributed by atoms with Crippen LogP contribution in [-0.4, -0.2) is 32.2 Å². The van der Waals surface area contributed by atoms with Gasteiger partial charge in [0.1, 0.15) is 0 Å². The zero-order chi connectivity index (χ0) is 16.2. The first-order chi connectivity index (χ1) is 9.66. The first-order valence-electron chi connectivity index (χ1n) is 5.87. The molecule has 0 saturated carbocycles. The Bertz CT molecular complexity index is 658. The highest BCUT2D eigenvalue weighted by atomic mass is 35.5. The summed E-state index contributed by atoms with van der Waals surface area (Å²) in [7, 11) is -2.54. The van der Waals surface area contributed by atoms with Crippen LogP contribution in [0.3, 0.4) is 0 Å². The fraction of sp³-hybridized carbons (Fsp3) is 0.417. The molecule has 1 aromatic carbocycles. The second kappa shape index (κ2) is 6.86. The number of esters is 1. The Balaban J connectivity index is 3.00. The van der Waals surface area contributed by atoms with Crippen LogP contribution < -0.4 is 0 Å². The van der Waals surface area contributed by atoms with Crippen LogP contribution in [0.5, 0.6) is 0 Å². The normalized spacial score (nSPS) is 12.7. The van der Waals surface area contributed by atoms with Gasteiger partial charge in [0, 0.05) is 16.7 Å². The van der Waals surface area contributed by atoms with Gasteiger partial charge in [-0.3, -0.25) is 14.9 Å². The maximum atomic E-state index is 12.0. The molecule has 116 valence electrons. The largest absolute Gasteiger partial charge is 0.469 e. The summed E-state index contributed by atoms with van der Waals surface area (Å²) in [4.78, 5) is 21.5. The van der Waals surface area contributed by atoms with Crippen LogP contribution >= 0.6 is 11.6 Å². The highest BCUT2D eigenvalue weighted by molar-refractivity contribution is 7.90. The van der Waals surface area contributed by atoms with Crippen molar-refractivity contribution in [3.63, 3.8) is 0 Å². The molecule has 0 saturated heterocycles. The Morgan fingerprint density at radius 2 is 2.10 bits per heavy atom. The molecule has 21 heavy (non-hydrogen) atoms. The highest BCUT2D eigenvalue weighted by Crippen LogP contribution is 2.25. The number of nitro groups is 1. The zero-order valence-electron chi connectivity index (χ0n) is 11.4. The lowest BCUT2D eigenvalue weighted by Crippen LogP contribution is -2.23. The standard InChI is InChI=1S/C12H14ClNO6S/c1-8(12(15)20-2)6-21(18,19)7-9-3-4-10(13)5-11(9)14(16)17/h3-5,8H,6-7H2,1-2H3. The maximum absolute atomic E-state index is 12.0. The van der Waals surface area contributed by atoms with Crippen molar-refractivity contribution in [2.24, 2.45) is 5.92 Å². The van der Waals surface area contributed by atoms with Crippen molar-refractivity contribution in [2.75, 3.05) is 12.9 Å². The average molecular weight is 336 g/mol. The smallest absolute Gasteiger partial charge is 0.309 e. The number of sulfone groups is 1. The molecule has 1 unspecified atom stereocenters. The number of rotatable bonds is 6. The van der Waals surface area contributed by atoms with Crippen LogP contribution in [0.2, 0.25) is 5.02 Å². The predicted molar refractivity (Wildman–Crippen MR) is 76.8 cm³/mol. The summed E-state index contributed by atoms with van der Waals surface area (Å²) in [6.45, 7) is 1.42. The van der Waals surface area contributed by atoms with Crippen molar-refractivity contribution in [1.29, 1.82) is 0 Å². The molecule has 0 spiro atoms. The van der Waals surface area contributed by atoms with E-state index in [1.54, 1.807) is 0 Å². The number of ether oxygens (including phenoxy) is 1. The third kappa shape index (κ3) is 4.98. The zero-order valence-corrected chi connectivity index (χ0v) is 13.0. The van der Waals surface area contributed by atoms with Crippen molar-refractivity contribution in [1.82, 2.24) is 0 Å². The van der Waals surface area contributed by atoms with Gasteiger partial charge in [0.05, 0.1) is 29.5 Å². The molecule has 0 bridgehead atoms. The van der Waals surface area contributed by atoms with Gasteiger partial charge in [0.2, 0.25) is 0 Å². The van der Waals surface area contributed by atoms with Gasteiger partial charge in [-0.05, 0) is 12.1 Å². The minimum absolute atomic E-state index is 0.0291. The molecule has 0 amide bonds. The molecule has 7 nitrogen and oxygen atoms in total. The first kappa shape index (κ1) is 17.4. The number of benzene rings is 1. The summed E-state index contributed by atoms with van der Waals surface area (Å²) in [5.74, 6) is -2.48. The number of methoxy groups -OCH3 is 1. The fourth-order valence-corrected chi connectivity index (χ4v) is 3.68. The third-order valence-electron chi connectivity index (χ3n) is 2.73. The SMILES string of the molecule is COC(=O)C(C)CS(=O)(=O)Cc1ccc(Cl)cc1[N+](=O)[O-]. The van der Waals surface area contributed by atoms with Crippen LogP contribution in [0.4, 0.5) is 5.69 Å². The Hall–Kier alpha value is -1.67. The monoisotopic (exact) mass is 335 g/mol. The van der Waals surface area contributed by atoms with E-state index in [1.165, 1.54) is 19.1 Å². The number of hydrogen-bond acceptors (Lipinski definition) is 6. The maximum Gasteiger partial charge on any atom is 0.309 e. The van der Waals surface area contributed by atoms with Crippen molar-refractivity contribution >= 4 is 33.1 Å². The summed E-state index contributed by atoms with van der Waals surface area (Å²) in [6.07, 6.45) is 0. The third-order valence-corrected chi connectivity index (χ3v) is 4.72. The Kier molecular flexibility index (Phi) is 5.68. The van der Waals surface area contributed by atoms with Gasteiger partial charge in [-0.25, -0.2) is 8.42 Å². The number of carbonyl (C=O) groups is 1. The van der Waals surface area contributed by atoms with Gasteiger partial charge in [0.25, 0.3) is 5.69 Å². The van der Waals surface area contributed by atoms with Gasteiger partial charge in [-0.15, -0.1) is 0 Å². The Labute approximate surface area is 126 Å². The summed E-state index contributed by atoms with van der Waals surface area (Å²) < 4.78 is 28.5. The van der Waals surface area contributed by atoms with E-state index >= 15 is 0 Å². The van der Waals surface area contributed by atoms with E-state index in [0.29, 0.717) is 0 Å². The lowest BCUT2D eigenvalue weighted by atomic mass is 10.2. The molecule has 0 aliphatic heterocycles. The topological polar surface area (TPSA) is 104 Å². The molecule has 0 aliphatic rings. The van der Waals surface area contributed by atoms with Crippen molar-refractivity contribution in [3.8, 4) is 0 Å². The molecule has 1 atom stereocenters. The Morgan fingerprint density at radius 1 is 1.48 bits per heavy atom. The summed E-state index contributed by atoms with van der Waals surface area (Å²) >= 11 is 5.66. The average Bonchev–Trinajstić information content (AvgIpc) is 2.38. The lowest BCUT2D eigenvalue weighted by Gasteiger charge is -2.10. The summed E-state index contributed by atoms with van der Waals surface area (Å²) in [5, 5.41) is 11.1. The fourth-order valence-electron chi connectivity index (χ4n) is 1.77. The Morgan fingerprint density at radius 3 is 2.62 bits per heavy atom. The van der Waals surface area contributed by atoms with Gasteiger partial charge in [-0.2, -0.15) is 0 Å². The van der Waals surface area contributed by atoms with E-state index in [4.69, 9.17) is 11.6 Å². The molecule has 1 rings (SSSR count). The van der Waals surface area contributed by atoms with E-state index in [9.17, 15) is 23.3 Å². The van der Waals surface area contributed by atoms with Crippen molar-refractivity contribution in [3.05, 3.63) is 38.9 Å². The van der Waals surface area contributed by atoms with Crippen LogP contribution in [0.25, 0.3) is 0 Å². The lowest BCUT2D eigenvalue weighted by molar-refractivity contribution is -0.385. The van der Waals surface area contributed by atoms with Gasteiger partial charge < -0.3 is 4.74 Å². The molecule has 0 heterocycles. The van der Waals surface area contributed by atoms with Crippen molar-refractivity contribution in [2.45, 2.75) is 12.7 Å². The molecule has 0 aliphatic carbocycles. The molecular weight excluding hydrogens is 322 g/mol. The van der Waals surface area contributed by atoms with E-state index in [1.807, 2.05) is 0 Å². The number of nitro benzene ring substituents is 1. The molecule has 0 N–H and O–H groups in total. The predicted octanol–water partition coefficient (Wildman–Crippen LogP) is 1.97. The highest BCUT2D eigenvalue weighted by Gasteiger charge is 2.25. The van der Waals surface area contributed by atoms with E-state index in [0.717, 1.165) is 13.2 Å². The molecule has 0 fully saturated rings. The van der Waals surface area contributed by atoms with Crippen LogP contribution in [0.15, 0.2) is 18.2 Å². The molecule has 1 aromatic rings. The summed E-state index contributed by atoms with van der Waals surface area (Å²) in [6, 6.07) is 3.76. The van der Waals surface area contributed by atoms with E-state index in [2.05, 4.69) is 4.74 Å². The second-order valence-corrected chi connectivity index (χ2v) is 7.05. The quantitative estimate of drug-likeness (QED) is 0.447.